The fourth-order valence-electron chi connectivity index (χ4n) is 2.00. The van der Waals surface area contributed by atoms with E-state index in [1.54, 1.807) is 0 Å². The van der Waals surface area contributed by atoms with Crippen molar-refractivity contribution >= 4 is 0 Å². The summed E-state index contributed by atoms with van der Waals surface area (Å²) in [6.07, 6.45) is 12.8. The topological polar surface area (TPSA) is 3.24 Å². The van der Waals surface area contributed by atoms with Crippen LogP contribution in [-0.4, -0.2) is 18.0 Å². The second-order valence-electron chi connectivity index (χ2n) is 4.13. The molecule has 0 saturated carbocycles. The second-order valence-corrected chi connectivity index (χ2v) is 4.13. The summed E-state index contributed by atoms with van der Waals surface area (Å²) in [5.41, 5.74) is 1.44. The third-order valence-corrected chi connectivity index (χ3v) is 3.01. The van der Waals surface area contributed by atoms with Crippen LogP contribution < -0.4 is 0 Å². The summed E-state index contributed by atoms with van der Waals surface area (Å²) in [5, 5.41) is 0. The molecule has 1 heterocycles. The van der Waals surface area contributed by atoms with E-state index in [2.05, 4.69) is 36.5 Å². The molecule has 1 heteroatoms. The van der Waals surface area contributed by atoms with Gasteiger partial charge in [-0.3, -0.25) is 0 Å². The van der Waals surface area contributed by atoms with Gasteiger partial charge >= 0.3 is 0 Å². The van der Waals surface area contributed by atoms with Gasteiger partial charge in [0.2, 0.25) is 0 Å². The highest BCUT2D eigenvalue weighted by Crippen LogP contribution is 2.22. The van der Waals surface area contributed by atoms with Crippen LogP contribution in [0.5, 0.6) is 0 Å². The van der Waals surface area contributed by atoms with Crippen LogP contribution >= 0.6 is 0 Å². The third-order valence-electron chi connectivity index (χ3n) is 3.01. The molecule has 0 atom stereocenters. The second kappa shape index (κ2) is 3.99. The predicted molar refractivity (Wildman–Crippen MR) is 56.1 cm³/mol. The lowest BCUT2D eigenvalue weighted by molar-refractivity contribution is 0.242. The highest BCUT2D eigenvalue weighted by atomic mass is 15.1. The maximum atomic E-state index is 2.52. The number of hydrogen-bond acceptors (Lipinski definition) is 1. The first-order valence-corrected chi connectivity index (χ1v) is 5.31. The molecule has 1 saturated heterocycles. The molecule has 0 bridgehead atoms. The van der Waals surface area contributed by atoms with Gasteiger partial charge < -0.3 is 4.90 Å². The standard InChI is InChI=1S/C12H18N/c1-11-7-9-13(10-8-11)12-5-3-2-4-6-12/h2-3,5-6,11H,4,7-10H2,1H3. The van der Waals surface area contributed by atoms with Crippen molar-refractivity contribution in [2.75, 3.05) is 13.1 Å². The van der Waals surface area contributed by atoms with Gasteiger partial charge in [0.1, 0.15) is 0 Å². The monoisotopic (exact) mass is 176 g/mol. The Morgan fingerprint density at radius 1 is 1.31 bits per heavy atom. The van der Waals surface area contributed by atoms with Gasteiger partial charge in [-0.05, 0) is 37.7 Å². The first-order valence-electron chi connectivity index (χ1n) is 5.31. The molecule has 1 fully saturated rings. The highest BCUT2D eigenvalue weighted by molar-refractivity contribution is 5.25. The van der Waals surface area contributed by atoms with Gasteiger partial charge in [0, 0.05) is 18.8 Å². The molecular weight excluding hydrogens is 158 g/mol. The number of allylic oxidation sites excluding steroid dienone is 3. The van der Waals surface area contributed by atoms with Crippen LogP contribution in [0.3, 0.4) is 0 Å². The molecule has 13 heavy (non-hydrogen) atoms. The minimum Gasteiger partial charge on any atom is -0.372 e. The average Bonchev–Trinajstić information content (AvgIpc) is 2.20. The van der Waals surface area contributed by atoms with Crippen molar-refractivity contribution in [1.82, 2.24) is 4.90 Å². The molecule has 1 aliphatic carbocycles. The van der Waals surface area contributed by atoms with E-state index >= 15 is 0 Å². The predicted octanol–water partition coefficient (Wildman–Crippen LogP) is 2.77. The van der Waals surface area contributed by atoms with Gasteiger partial charge in [-0.15, -0.1) is 0 Å². The lowest BCUT2D eigenvalue weighted by Crippen LogP contribution is -2.32. The molecule has 0 amide bonds. The summed E-state index contributed by atoms with van der Waals surface area (Å²) in [4.78, 5) is 2.52. The van der Waals surface area contributed by atoms with E-state index in [0.29, 0.717) is 0 Å². The molecule has 0 aromatic carbocycles. The summed E-state index contributed by atoms with van der Waals surface area (Å²) in [5.74, 6) is 0.927. The molecule has 0 spiro atoms. The highest BCUT2D eigenvalue weighted by Gasteiger charge is 2.16. The van der Waals surface area contributed by atoms with E-state index in [1.165, 1.54) is 31.6 Å². The minimum atomic E-state index is 0.927. The smallest absolute Gasteiger partial charge is 0.0322 e. The largest absolute Gasteiger partial charge is 0.372 e. The fraction of sp³-hybridized carbons (Fsp3) is 0.583. The lowest BCUT2D eigenvalue weighted by Gasteiger charge is -2.33. The van der Waals surface area contributed by atoms with Crippen molar-refractivity contribution in [3.8, 4) is 0 Å². The minimum absolute atomic E-state index is 0.927. The van der Waals surface area contributed by atoms with E-state index in [-0.39, 0.29) is 0 Å². The molecule has 2 aliphatic rings. The Labute approximate surface area is 81.1 Å². The van der Waals surface area contributed by atoms with Crippen LogP contribution in [0.25, 0.3) is 0 Å². The Bertz CT molecular complexity index is 219. The van der Waals surface area contributed by atoms with Gasteiger partial charge in [0.05, 0.1) is 0 Å². The number of likely N-dealkylation sites (tertiary alicyclic amines) is 1. The number of nitrogens with zero attached hydrogens (tertiary/aromatic N) is 1. The van der Waals surface area contributed by atoms with Crippen molar-refractivity contribution in [3.63, 3.8) is 0 Å². The van der Waals surface area contributed by atoms with Gasteiger partial charge in [-0.1, -0.05) is 19.1 Å². The van der Waals surface area contributed by atoms with Crippen LogP contribution in [0.15, 0.2) is 23.9 Å². The molecule has 1 radical (unpaired) electrons. The van der Waals surface area contributed by atoms with Crippen LogP contribution in [0.4, 0.5) is 0 Å². The summed E-state index contributed by atoms with van der Waals surface area (Å²) >= 11 is 0. The van der Waals surface area contributed by atoms with E-state index in [1.807, 2.05) is 0 Å². The summed E-state index contributed by atoms with van der Waals surface area (Å²) in [6.45, 7) is 4.85. The molecule has 0 aromatic heterocycles. The molecule has 1 nitrogen and oxygen atoms in total. The van der Waals surface area contributed by atoms with Gasteiger partial charge in [-0.2, -0.15) is 0 Å². The summed E-state index contributed by atoms with van der Waals surface area (Å²) < 4.78 is 0. The van der Waals surface area contributed by atoms with Crippen LogP contribution in [-0.2, 0) is 0 Å². The van der Waals surface area contributed by atoms with Crippen molar-refractivity contribution in [2.45, 2.75) is 26.2 Å². The normalized spacial score (nSPS) is 24.7. The maximum absolute atomic E-state index is 2.52. The van der Waals surface area contributed by atoms with Gasteiger partial charge in [0.15, 0.2) is 0 Å². The van der Waals surface area contributed by atoms with Gasteiger partial charge in [-0.25, -0.2) is 0 Å². The van der Waals surface area contributed by atoms with Crippen molar-refractivity contribution in [1.29, 1.82) is 0 Å². The van der Waals surface area contributed by atoms with E-state index in [4.69, 9.17) is 0 Å². The molecule has 0 unspecified atom stereocenters. The lowest BCUT2D eigenvalue weighted by atomic mass is 9.98. The van der Waals surface area contributed by atoms with Crippen molar-refractivity contribution < 1.29 is 0 Å². The number of piperidine rings is 1. The van der Waals surface area contributed by atoms with E-state index in [9.17, 15) is 0 Å². The zero-order chi connectivity index (χ0) is 9.10. The molecule has 0 aromatic rings. The number of rotatable bonds is 1. The maximum Gasteiger partial charge on any atom is 0.0322 e. The molecule has 0 N–H and O–H groups in total. The van der Waals surface area contributed by atoms with Crippen molar-refractivity contribution in [3.05, 3.63) is 30.3 Å². The molecule has 1 aliphatic heterocycles. The first-order chi connectivity index (χ1) is 6.36. The van der Waals surface area contributed by atoms with Crippen LogP contribution in [0.2, 0.25) is 0 Å². The van der Waals surface area contributed by atoms with Crippen LogP contribution in [0, 0.1) is 12.3 Å². The van der Waals surface area contributed by atoms with Crippen molar-refractivity contribution in [2.24, 2.45) is 5.92 Å². The van der Waals surface area contributed by atoms with Crippen LogP contribution in [0.1, 0.15) is 26.2 Å². The third kappa shape index (κ3) is 2.15. The van der Waals surface area contributed by atoms with Gasteiger partial charge in [0.25, 0.3) is 0 Å². The molecule has 2 rings (SSSR count). The zero-order valence-electron chi connectivity index (χ0n) is 8.37. The Balaban J connectivity index is 1.94. The Morgan fingerprint density at radius 3 is 2.69 bits per heavy atom. The quantitative estimate of drug-likeness (QED) is 0.594. The molecular formula is C12H18N. The SMILES string of the molecule is CC1CCN(C2=CC[CH]C=C2)CC1. The average molecular weight is 176 g/mol. The Hall–Kier alpha value is -0.720. The molecule has 71 valence electrons. The van der Waals surface area contributed by atoms with E-state index in [0.717, 1.165) is 12.3 Å². The first kappa shape index (κ1) is 8.86. The zero-order valence-corrected chi connectivity index (χ0v) is 8.37. The van der Waals surface area contributed by atoms with E-state index < -0.39 is 0 Å². The number of hydrogen-bond donors (Lipinski definition) is 0. The summed E-state index contributed by atoms with van der Waals surface area (Å²) in [7, 11) is 0. The summed E-state index contributed by atoms with van der Waals surface area (Å²) in [6, 6.07) is 0. The Morgan fingerprint density at radius 2 is 2.08 bits per heavy atom. The Kier molecular flexibility index (Phi) is 2.72. The fourth-order valence-corrected chi connectivity index (χ4v) is 2.00.